The van der Waals surface area contributed by atoms with Crippen molar-refractivity contribution in [2.45, 2.75) is 133 Å². The first kappa shape index (κ1) is 64.0. The Morgan fingerprint density at radius 2 is 0.656 bits per heavy atom. The van der Waals surface area contributed by atoms with Crippen LogP contribution in [0.25, 0.3) is 0 Å². The third-order valence-electron chi connectivity index (χ3n) is 16.2. The number of nitrogens with zero attached hydrogens (tertiary/aromatic N) is 1. The van der Waals surface area contributed by atoms with Gasteiger partial charge in [-0.3, -0.25) is 4.90 Å². The van der Waals surface area contributed by atoms with Crippen molar-refractivity contribution >= 4 is 6.09 Å². The summed E-state index contributed by atoms with van der Waals surface area (Å²) in [6, 6.07) is 75.8. The molecule has 3 saturated heterocycles. The lowest BCUT2D eigenvalue weighted by atomic mass is 9.96. The number of ether oxygens (including phenoxy) is 12. The number of halogens is 2. The highest BCUT2D eigenvalue weighted by Gasteiger charge is 2.57. The first-order valence-corrected chi connectivity index (χ1v) is 30.7. The summed E-state index contributed by atoms with van der Waals surface area (Å²) in [6.45, 7) is -1.43. The lowest BCUT2D eigenvalue weighted by molar-refractivity contribution is -0.379. The second kappa shape index (κ2) is 33.5. The number of amides is 1. The van der Waals surface area contributed by atoms with Crippen LogP contribution in [0.4, 0.5) is 13.6 Å². The minimum absolute atomic E-state index is 0.00612. The van der Waals surface area contributed by atoms with Crippen molar-refractivity contribution in [3.8, 4) is 0 Å². The number of hydrogen-bond acceptors (Lipinski definition) is 13. The maximum atomic E-state index is 16.7. The standard InChI is InChI=1S/C74H77F2NO13/c75-41-62-66(81-46-55-29-13-3-14-30-55)68(82-47-56-31-15-4-16-32-56)70(84-49-58-35-19-6-20-36-58)73(87-62)90-67-63(42-76)88-72(71(85-50-59-37-21-7-22-38-59)69(67)83-48-57-33-17-5-18-34-57)89-65-61(52-79-44-53-25-9-1-10-26-53)77(74(78)86-51-60-39-23-8-24-40-60)43-64(65)80-45-54-27-11-2-12-28-54/h1-40,61-73H,41-52H2/t61-,62-,63-,64-,65-,66-,67-,68+,69+,70-,71-,72-,73+/m1/s1. The fourth-order valence-electron chi connectivity index (χ4n) is 11.5. The molecule has 0 spiro atoms. The third-order valence-corrected chi connectivity index (χ3v) is 16.2. The Bertz CT molecular complexity index is 3300. The zero-order valence-electron chi connectivity index (χ0n) is 50.1. The molecule has 3 fully saturated rings. The fourth-order valence-corrected chi connectivity index (χ4v) is 11.5. The van der Waals surface area contributed by atoms with Gasteiger partial charge < -0.3 is 56.8 Å². The van der Waals surface area contributed by atoms with Gasteiger partial charge in [0.05, 0.1) is 65.4 Å². The molecule has 0 N–H and O–H groups in total. The quantitative estimate of drug-likeness (QED) is 0.0424. The number of likely N-dealkylation sites (tertiary alicyclic amines) is 1. The predicted molar refractivity (Wildman–Crippen MR) is 332 cm³/mol. The first-order valence-electron chi connectivity index (χ1n) is 30.7. The normalized spacial score (nSPS) is 25.0. The third kappa shape index (κ3) is 17.7. The van der Waals surface area contributed by atoms with E-state index in [1.165, 1.54) is 0 Å². The Labute approximate surface area is 525 Å². The van der Waals surface area contributed by atoms with Gasteiger partial charge in [0.25, 0.3) is 0 Å². The van der Waals surface area contributed by atoms with Gasteiger partial charge in [-0.25, -0.2) is 13.6 Å². The summed E-state index contributed by atoms with van der Waals surface area (Å²) in [5.41, 5.74) is 6.75. The molecule has 0 aromatic heterocycles. The van der Waals surface area contributed by atoms with E-state index in [2.05, 4.69) is 0 Å². The van der Waals surface area contributed by atoms with Crippen LogP contribution in [0, 0.1) is 0 Å². The van der Waals surface area contributed by atoms with Crippen LogP contribution >= 0.6 is 0 Å². The van der Waals surface area contributed by atoms with Gasteiger partial charge >= 0.3 is 6.09 Å². The minimum Gasteiger partial charge on any atom is -0.445 e. The molecular formula is C74H77F2NO13. The topological polar surface area (TPSA) is 131 Å². The van der Waals surface area contributed by atoms with E-state index in [1.807, 2.05) is 243 Å². The molecule has 0 saturated carbocycles. The number of benzene rings is 8. The molecule has 16 heteroatoms. The van der Waals surface area contributed by atoms with Crippen LogP contribution in [-0.4, -0.2) is 117 Å². The van der Waals surface area contributed by atoms with Gasteiger partial charge in [0.2, 0.25) is 0 Å². The Hall–Kier alpha value is -7.55. The molecule has 0 aliphatic carbocycles. The van der Waals surface area contributed by atoms with E-state index in [4.69, 9.17) is 56.8 Å². The average Bonchev–Trinajstić information content (AvgIpc) is 1.15. The van der Waals surface area contributed by atoms with Crippen LogP contribution in [-0.2, 0) is 110 Å². The average molecular weight is 1230 g/mol. The van der Waals surface area contributed by atoms with Crippen LogP contribution in [0.3, 0.4) is 0 Å². The van der Waals surface area contributed by atoms with Gasteiger partial charge in [-0.15, -0.1) is 0 Å². The van der Waals surface area contributed by atoms with Gasteiger partial charge in [0.15, 0.2) is 12.6 Å². The summed E-state index contributed by atoms with van der Waals surface area (Å²) in [5.74, 6) is 0. The highest BCUT2D eigenvalue weighted by molar-refractivity contribution is 5.69. The summed E-state index contributed by atoms with van der Waals surface area (Å²) >= 11 is 0. The van der Waals surface area contributed by atoms with Gasteiger partial charge in [-0.2, -0.15) is 0 Å². The molecule has 0 radical (unpaired) electrons. The molecule has 3 heterocycles. The number of rotatable bonds is 30. The maximum Gasteiger partial charge on any atom is 0.410 e. The van der Waals surface area contributed by atoms with Crippen molar-refractivity contribution in [2.24, 2.45) is 0 Å². The molecule has 3 aliphatic rings. The zero-order chi connectivity index (χ0) is 61.5. The largest absolute Gasteiger partial charge is 0.445 e. The molecule has 470 valence electrons. The van der Waals surface area contributed by atoms with Gasteiger partial charge in [0.1, 0.15) is 81.0 Å². The molecular weight excluding hydrogens is 1150 g/mol. The molecule has 90 heavy (non-hydrogen) atoms. The number of carbonyl (C=O) groups excluding carboxylic acids is 1. The van der Waals surface area contributed by atoms with Crippen molar-refractivity contribution in [1.29, 1.82) is 0 Å². The zero-order valence-corrected chi connectivity index (χ0v) is 50.1. The van der Waals surface area contributed by atoms with E-state index in [0.717, 1.165) is 44.5 Å². The lowest BCUT2D eigenvalue weighted by Crippen LogP contribution is -2.66. The Morgan fingerprint density at radius 1 is 0.356 bits per heavy atom. The lowest BCUT2D eigenvalue weighted by Gasteiger charge is -2.50. The number of carbonyl (C=O) groups is 1. The van der Waals surface area contributed by atoms with Crippen molar-refractivity contribution < 1.29 is 70.4 Å². The first-order chi connectivity index (χ1) is 44.5. The summed E-state index contributed by atoms with van der Waals surface area (Å²) < 4.78 is 115. The van der Waals surface area contributed by atoms with Crippen LogP contribution in [0.15, 0.2) is 243 Å². The van der Waals surface area contributed by atoms with E-state index in [0.29, 0.717) is 0 Å². The number of hydrogen-bond donors (Lipinski definition) is 0. The highest BCUT2D eigenvalue weighted by atomic mass is 19.1. The molecule has 0 unspecified atom stereocenters. The minimum atomic E-state index is -1.45. The van der Waals surface area contributed by atoms with Crippen molar-refractivity contribution in [3.63, 3.8) is 0 Å². The van der Waals surface area contributed by atoms with Crippen LogP contribution in [0.5, 0.6) is 0 Å². The summed E-state index contributed by atoms with van der Waals surface area (Å²) in [5, 5.41) is 0. The molecule has 8 aromatic carbocycles. The molecule has 8 aromatic rings. The second-order valence-electron chi connectivity index (χ2n) is 22.5. The van der Waals surface area contributed by atoms with Crippen LogP contribution < -0.4 is 0 Å². The Morgan fingerprint density at radius 3 is 1.03 bits per heavy atom. The van der Waals surface area contributed by atoms with Crippen molar-refractivity contribution in [3.05, 3.63) is 287 Å². The smallest absolute Gasteiger partial charge is 0.410 e. The molecule has 13 atom stereocenters. The fraction of sp³-hybridized carbons (Fsp3) is 0.338. The molecule has 14 nitrogen and oxygen atoms in total. The second-order valence-corrected chi connectivity index (χ2v) is 22.5. The maximum absolute atomic E-state index is 16.7. The van der Waals surface area contributed by atoms with Gasteiger partial charge in [-0.1, -0.05) is 243 Å². The van der Waals surface area contributed by atoms with Crippen LogP contribution in [0.1, 0.15) is 44.5 Å². The molecule has 3 aliphatic heterocycles. The van der Waals surface area contributed by atoms with E-state index in [1.54, 1.807) is 4.90 Å². The van der Waals surface area contributed by atoms with Gasteiger partial charge in [-0.05, 0) is 44.5 Å². The summed E-state index contributed by atoms with van der Waals surface area (Å²) in [4.78, 5) is 16.2. The predicted octanol–water partition coefficient (Wildman–Crippen LogP) is 12.9. The van der Waals surface area contributed by atoms with Crippen molar-refractivity contribution in [1.82, 2.24) is 4.90 Å². The summed E-state index contributed by atoms with van der Waals surface area (Å²) in [7, 11) is 0. The molecule has 0 bridgehead atoms. The molecule has 1 amide bonds. The SMILES string of the molecule is O=C(OCc1ccccc1)N1C[C@@H](OCc2ccccc2)[C@H](O[C@H]2O[C@H](CF)[C@@H](O[C@@H]3O[C@H](CF)[C@@H](OCc4ccccc4)[C@H](OCc4ccccc4)[C@H]3OCc3ccccc3)[C@H](OCc3ccccc3)[C@H]2OCc2ccccc2)[C@H]1COCc1ccccc1. The monoisotopic (exact) mass is 1230 g/mol. The van der Waals surface area contributed by atoms with E-state index in [-0.39, 0.29) is 66.0 Å². The summed E-state index contributed by atoms with van der Waals surface area (Å²) in [6.07, 6.45) is -15.0. The molecule has 11 rings (SSSR count). The van der Waals surface area contributed by atoms with Gasteiger partial charge in [0, 0.05) is 0 Å². The Balaban J connectivity index is 0.969. The number of alkyl halides is 2. The highest BCUT2D eigenvalue weighted by Crippen LogP contribution is 2.39. The van der Waals surface area contributed by atoms with Crippen LogP contribution in [0.2, 0.25) is 0 Å². The van der Waals surface area contributed by atoms with Crippen molar-refractivity contribution in [2.75, 3.05) is 26.5 Å². The van der Waals surface area contributed by atoms with E-state index in [9.17, 15) is 4.79 Å². The van der Waals surface area contributed by atoms with E-state index < -0.39 is 99.1 Å². The van der Waals surface area contributed by atoms with E-state index >= 15 is 8.78 Å². The Kier molecular flexibility index (Phi) is 23.8.